The number of carbonyl (C=O) groups excluding carboxylic acids is 1. The topological polar surface area (TPSA) is 88.1 Å². The van der Waals surface area contributed by atoms with Gasteiger partial charge in [-0.1, -0.05) is 6.07 Å². The first-order valence-corrected chi connectivity index (χ1v) is 9.17. The number of aromatic amines is 1. The quantitative estimate of drug-likeness (QED) is 0.898. The Labute approximate surface area is 150 Å². The van der Waals surface area contributed by atoms with Crippen LogP contribution >= 0.6 is 0 Å². The van der Waals surface area contributed by atoms with Crippen molar-refractivity contribution in [1.29, 1.82) is 0 Å². The predicted octanol–water partition coefficient (Wildman–Crippen LogP) is 1.36. The van der Waals surface area contributed by atoms with Gasteiger partial charge in [0.1, 0.15) is 5.69 Å². The van der Waals surface area contributed by atoms with Crippen molar-refractivity contribution in [3.8, 4) is 0 Å². The van der Waals surface area contributed by atoms with E-state index in [1.165, 1.54) is 6.07 Å². The Morgan fingerprint density at radius 3 is 2.54 bits per heavy atom. The standard InChI is InChI=1S/C19H22N4O3/c24-17-3-1-2-16(20-17)19(26)22-10-8-13(9-11-22)12-23-18(25)7-6-15(21-23)14-4-5-14/h1-3,6-7,13-14H,4-5,8-12H2,(H,20,24). The lowest BCUT2D eigenvalue weighted by atomic mass is 9.96. The van der Waals surface area contributed by atoms with E-state index >= 15 is 0 Å². The highest BCUT2D eigenvalue weighted by Gasteiger charge is 2.27. The van der Waals surface area contributed by atoms with Gasteiger partial charge in [0.2, 0.25) is 5.56 Å². The number of likely N-dealkylation sites (tertiary alicyclic amines) is 1. The fourth-order valence-electron chi connectivity index (χ4n) is 3.50. The van der Waals surface area contributed by atoms with Gasteiger partial charge in [0.15, 0.2) is 0 Å². The summed E-state index contributed by atoms with van der Waals surface area (Å²) in [5.74, 6) is 0.704. The lowest BCUT2D eigenvalue weighted by Crippen LogP contribution is -2.41. The highest BCUT2D eigenvalue weighted by molar-refractivity contribution is 5.92. The van der Waals surface area contributed by atoms with E-state index < -0.39 is 0 Å². The Bertz CT molecular complexity index is 921. The lowest BCUT2D eigenvalue weighted by Gasteiger charge is -2.32. The van der Waals surface area contributed by atoms with E-state index in [1.54, 1.807) is 27.8 Å². The Kier molecular flexibility index (Phi) is 4.44. The second-order valence-corrected chi connectivity index (χ2v) is 7.22. The molecule has 3 heterocycles. The van der Waals surface area contributed by atoms with Crippen molar-refractivity contribution in [2.24, 2.45) is 5.92 Å². The van der Waals surface area contributed by atoms with Crippen LogP contribution in [0, 0.1) is 5.92 Å². The Balaban J connectivity index is 1.38. The van der Waals surface area contributed by atoms with Gasteiger partial charge in [0.25, 0.3) is 11.5 Å². The summed E-state index contributed by atoms with van der Waals surface area (Å²) in [6.07, 6.45) is 3.97. The maximum absolute atomic E-state index is 12.5. The third-order valence-electron chi connectivity index (χ3n) is 5.21. The van der Waals surface area contributed by atoms with Crippen molar-refractivity contribution in [3.63, 3.8) is 0 Å². The minimum atomic E-state index is -0.272. The fourth-order valence-corrected chi connectivity index (χ4v) is 3.50. The van der Waals surface area contributed by atoms with Crippen LogP contribution in [0.1, 0.15) is 47.8 Å². The SMILES string of the molecule is O=C(c1cccc(=O)[nH]1)N1CCC(Cn2nc(C3CC3)ccc2=O)CC1. The van der Waals surface area contributed by atoms with Crippen molar-refractivity contribution in [2.45, 2.75) is 38.1 Å². The van der Waals surface area contributed by atoms with Gasteiger partial charge in [-0.2, -0.15) is 5.10 Å². The molecule has 1 N–H and O–H groups in total. The number of piperidine rings is 1. The molecule has 2 aromatic heterocycles. The van der Waals surface area contributed by atoms with Crippen molar-refractivity contribution in [2.75, 3.05) is 13.1 Å². The van der Waals surface area contributed by atoms with Gasteiger partial charge in [0.05, 0.1) is 5.69 Å². The average molecular weight is 354 g/mol. The molecule has 0 spiro atoms. The number of aromatic nitrogens is 3. The van der Waals surface area contributed by atoms with Crippen LogP contribution in [0.2, 0.25) is 0 Å². The molecule has 136 valence electrons. The van der Waals surface area contributed by atoms with E-state index in [-0.39, 0.29) is 17.0 Å². The number of rotatable bonds is 4. The van der Waals surface area contributed by atoms with Gasteiger partial charge >= 0.3 is 0 Å². The van der Waals surface area contributed by atoms with Crippen LogP contribution < -0.4 is 11.1 Å². The summed E-state index contributed by atoms with van der Waals surface area (Å²) in [4.78, 5) is 40.3. The zero-order valence-electron chi connectivity index (χ0n) is 14.6. The van der Waals surface area contributed by atoms with Gasteiger partial charge in [-0.3, -0.25) is 14.4 Å². The molecule has 2 aliphatic rings. The molecule has 0 aromatic carbocycles. The van der Waals surface area contributed by atoms with Crippen LogP contribution in [0.5, 0.6) is 0 Å². The molecule has 1 amide bonds. The van der Waals surface area contributed by atoms with Crippen molar-refractivity contribution >= 4 is 5.91 Å². The molecule has 1 saturated carbocycles. The van der Waals surface area contributed by atoms with E-state index in [9.17, 15) is 14.4 Å². The van der Waals surface area contributed by atoms with Crippen LogP contribution in [-0.4, -0.2) is 38.7 Å². The summed E-state index contributed by atoms with van der Waals surface area (Å²) >= 11 is 0. The molecule has 7 heteroatoms. The second-order valence-electron chi connectivity index (χ2n) is 7.22. The zero-order chi connectivity index (χ0) is 18.1. The maximum atomic E-state index is 12.5. The summed E-state index contributed by atoms with van der Waals surface area (Å²) < 4.78 is 1.59. The van der Waals surface area contributed by atoms with Crippen LogP contribution in [0.25, 0.3) is 0 Å². The van der Waals surface area contributed by atoms with Gasteiger partial charge in [-0.15, -0.1) is 0 Å². The van der Waals surface area contributed by atoms with Gasteiger partial charge in [0, 0.05) is 37.7 Å². The molecule has 0 unspecified atom stereocenters. The number of nitrogens with one attached hydrogen (secondary N) is 1. The molecule has 7 nitrogen and oxygen atoms in total. The van der Waals surface area contributed by atoms with Gasteiger partial charge < -0.3 is 9.88 Å². The number of amides is 1. The summed E-state index contributed by atoms with van der Waals surface area (Å²) in [5.41, 5.74) is 1.01. The molecule has 2 fully saturated rings. The molecule has 1 aliphatic heterocycles. The van der Waals surface area contributed by atoms with Gasteiger partial charge in [-0.05, 0) is 43.7 Å². The summed E-state index contributed by atoms with van der Waals surface area (Å²) in [7, 11) is 0. The first kappa shape index (κ1) is 16.8. The summed E-state index contributed by atoms with van der Waals surface area (Å²) in [5, 5.41) is 4.52. The molecule has 0 bridgehead atoms. The number of H-pyrrole nitrogens is 1. The Morgan fingerprint density at radius 2 is 1.85 bits per heavy atom. The van der Waals surface area contributed by atoms with E-state index in [0.717, 1.165) is 31.4 Å². The largest absolute Gasteiger partial charge is 0.337 e. The number of nitrogens with zero attached hydrogens (tertiary/aromatic N) is 3. The smallest absolute Gasteiger partial charge is 0.270 e. The maximum Gasteiger partial charge on any atom is 0.270 e. The molecule has 1 aliphatic carbocycles. The monoisotopic (exact) mass is 354 g/mol. The van der Waals surface area contributed by atoms with Crippen LogP contribution in [0.15, 0.2) is 39.9 Å². The molecular weight excluding hydrogens is 332 g/mol. The van der Waals surface area contributed by atoms with Gasteiger partial charge in [-0.25, -0.2) is 4.68 Å². The van der Waals surface area contributed by atoms with Crippen molar-refractivity contribution in [1.82, 2.24) is 19.7 Å². The minimum absolute atomic E-state index is 0.0604. The van der Waals surface area contributed by atoms with E-state index in [4.69, 9.17) is 0 Å². The lowest BCUT2D eigenvalue weighted by molar-refractivity contribution is 0.0674. The fraction of sp³-hybridized carbons (Fsp3) is 0.474. The van der Waals surface area contributed by atoms with Crippen LogP contribution in [0.4, 0.5) is 0 Å². The third-order valence-corrected chi connectivity index (χ3v) is 5.21. The molecule has 2 aromatic rings. The Hall–Kier alpha value is -2.70. The van der Waals surface area contributed by atoms with Crippen molar-refractivity contribution in [3.05, 3.63) is 62.4 Å². The number of hydrogen-bond acceptors (Lipinski definition) is 4. The second kappa shape index (κ2) is 6.90. The minimum Gasteiger partial charge on any atom is -0.337 e. The summed E-state index contributed by atoms with van der Waals surface area (Å²) in [6, 6.07) is 8.07. The normalized spacial score (nSPS) is 18.1. The first-order chi connectivity index (χ1) is 12.6. The number of pyridine rings is 1. The molecule has 4 rings (SSSR count). The van der Waals surface area contributed by atoms with E-state index in [2.05, 4.69) is 10.1 Å². The highest BCUT2D eigenvalue weighted by atomic mass is 16.2. The Morgan fingerprint density at radius 1 is 1.08 bits per heavy atom. The average Bonchev–Trinajstić information content (AvgIpc) is 3.49. The predicted molar refractivity (Wildman–Crippen MR) is 96.2 cm³/mol. The van der Waals surface area contributed by atoms with Crippen LogP contribution in [-0.2, 0) is 6.54 Å². The highest BCUT2D eigenvalue weighted by Crippen LogP contribution is 2.38. The van der Waals surface area contributed by atoms with E-state index in [0.29, 0.717) is 37.2 Å². The van der Waals surface area contributed by atoms with Crippen LogP contribution in [0.3, 0.4) is 0 Å². The summed E-state index contributed by atoms with van der Waals surface area (Å²) in [6.45, 7) is 1.85. The number of hydrogen-bond donors (Lipinski definition) is 1. The first-order valence-electron chi connectivity index (χ1n) is 9.17. The zero-order valence-corrected chi connectivity index (χ0v) is 14.6. The molecule has 0 atom stereocenters. The molecule has 26 heavy (non-hydrogen) atoms. The third kappa shape index (κ3) is 3.61. The van der Waals surface area contributed by atoms with Crippen molar-refractivity contribution < 1.29 is 4.79 Å². The molecule has 0 radical (unpaired) electrons. The number of carbonyl (C=O) groups is 1. The molecule has 1 saturated heterocycles. The van der Waals surface area contributed by atoms with E-state index in [1.807, 2.05) is 6.07 Å². The molecular formula is C19H22N4O3.